The van der Waals surface area contributed by atoms with Crippen molar-refractivity contribution in [1.29, 1.82) is 0 Å². The summed E-state index contributed by atoms with van der Waals surface area (Å²) in [5.41, 5.74) is -1.83. The molecule has 0 amide bonds. The second-order valence-corrected chi connectivity index (χ2v) is 4.15. The topological polar surface area (TPSA) is 20.2 Å². The van der Waals surface area contributed by atoms with E-state index in [2.05, 4.69) is 0 Å². The van der Waals surface area contributed by atoms with Crippen molar-refractivity contribution in [1.82, 2.24) is 0 Å². The minimum absolute atomic E-state index is 0.316. The van der Waals surface area contributed by atoms with Gasteiger partial charge in [0.1, 0.15) is 5.60 Å². The van der Waals surface area contributed by atoms with Gasteiger partial charge in [-0.2, -0.15) is 0 Å². The maximum absolute atomic E-state index is 13.4. The van der Waals surface area contributed by atoms with E-state index in [1.165, 1.54) is 13.8 Å². The van der Waals surface area contributed by atoms with Crippen LogP contribution in [0, 0.1) is 11.8 Å². The Morgan fingerprint density at radius 3 is 2.00 bits per heavy atom. The van der Waals surface area contributed by atoms with Crippen LogP contribution >= 0.6 is 0 Å². The van der Waals surface area contributed by atoms with Crippen LogP contribution in [0.15, 0.2) is 0 Å². The Labute approximate surface area is 71.8 Å². The summed E-state index contributed by atoms with van der Waals surface area (Å²) < 4.78 is 26.8. The molecule has 1 aliphatic rings. The van der Waals surface area contributed by atoms with Gasteiger partial charge in [-0.3, -0.25) is 0 Å². The molecule has 0 heterocycles. The third-order valence-electron chi connectivity index (χ3n) is 3.29. The smallest absolute Gasteiger partial charge is 0.278 e. The molecule has 0 spiro atoms. The second kappa shape index (κ2) is 2.66. The van der Waals surface area contributed by atoms with Crippen molar-refractivity contribution in [3.63, 3.8) is 0 Å². The van der Waals surface area contributed by atoms with Gasteiger partial charge in [0.2, 0.25) is 0 Å². The van der Waals surface area contributed by atoms with E-state index in [0.717, 1.165) is 0 Å². The molecular weight excluding hydrogens is 162 g/mol. The Morgan fingerprint density at radius 2 is 1.58 bits per heavy atom. The lowest BCUT2D eigenvalue weighted by molar-refractivity contribution is -0.240. The Hall–Kier alpha value is -0.180. The van der Waals surface area contributed by atoms with Crippen molar-refractivity contribution >= 4 is 0 Å². The third-order valence-corrected chi connectivity index (χ3v) is 3.29. The Morgan fingerprint density at radius 1 is 1.17 bits per heavy atom. The van der Waals surface area contributed by atoms with Crippen molar-refractivity contribution in [3.05, 3.63) is 0 Å². The van der Waals surface area contributed by atoms with E-state index < -0.39 is 17.4 Å². The molecule has 0 aromatic carbocycles. The lowest BCUT2D eigenvalue weighted by atomic mass is 9.70. The summed E-state index contributed by atoms with van der Waals surface area (Å²) in [6.45, 7) is 4.42. The van der Waals surface area contributed by atoms with Gasteiger partial charge in [-0.25, -0.2) is 8.78 Å². The molecule has 1 saturated carbocycles. The first-order valence-electron chi connectivity index (χ1n) is 4.40. The molecule has 1 nitrogen and oxygen atoms in total. The van der Waals surface area contributed by atoms with Crippen LogP contribution in [0.4, 0.5) is 8.78 Å². The highest BCUT2D eigenvalue weighted by atomic mass is 19.3. The van der Waals surface area contributed by atoms with Gasteiger partial charge in [0.05, 0.1) is 0 Å². The highest BCUT2D eigenvalue weighted by Gasteiger charge is 2.57. The quantitative estimate of drug-likeness (QED) is 0.604. The lowest BCUT2D eigenvalue weighted by Crippen LogP contribution is -2.56. The predicted octanol–water partition coefficient (Wildman–Crippen LogP) is 2.44. The molecule has 1 fully saturated rings. The van der Waals surface area contributed by atoms with Gasteiger partial charge in [-0.15, -0.1) is 0 Å². The standard InChI is InChI=1S/C9H16F2O/c1-6-4-5-7(2)9(10,11)8(6,3)12/h6-7,12H,4-5H2,1-3H3. The van der Waals surface area contributed by atoms with Gasteiger partial charge in [-0.1, -0.05) is 13.8 Å². The fraction of sp³-hybridized carbons (Fsp3) is 1.00. The molecule has 72 valence electrons. The molecule has 1 N–H and O–H groups in total. The number of hydrogen-bond acceptors (Lipinski definition) is 1. The molecule has 0 aromatic rings. The SMILES string of the molecule is CC1CCC(C)C(F)(F)C1(C)O. The largest absolute Gasteiger partial charge is 0.384 e. The number of halogens is 2. The summed E-state index contributed by atoms with van der Waals surface area (Å²) in [4.78, 5) is 0. The van der Waals surface area contributed by atoms with Crippen LogP contribution in [0.1, 0.15) is 33.6 Å². The molecular formula is C9H16F2O. The van der Waals surface area contributed by atoms with Crippen LogP contribution in [0.5, 0.6) is 0 Å². The fourth-order valence-corrected chi connectivity index (χ4v) is 1.79. The average molecular weight is 178 g/mol. The van der Waals surface area contributed by atoms with Crippen LogP contribution in [0.3, 0.4) is 0 Å². The maximum Gasteiger partial charge on any atom is 0.278 e. The number of hydrogen-bond donors (Lipinski definition) is 1. The van der Waals surface area contributed by atoms with Gasteiger partial charge < -0.3 is 5.11 Å². The second-order valence-electron chi connectivity index (χ2n) is 4.15. The summed E-state index contributed by atoms with van der Waals surface area (Å²) >= 11 is 0. The van der Waals surface area contributed by atoms with E-state index >= 15 is 0 Å². The number of alkyl halides is 2. The molecule has 3 unspecified atom stereocenters. The molecule has 1 aliphatic carbocycles. The van der Waals surface area contributed by atoms with Gasteiger partial charge in [0.15, 0.2) is 0 Å². The van der Waals surface area contributed by atoms with E-state index in [1.54, 1.807) is 6.92 Å². The van der Waals surface area contributed by atoms with Crippen LogP contribution in [-0.4, -0.2) is 16.6 Å². The zero-order chi connectivity index (χ0) is 9.57. The average Bonchev–Trinajstić information content (AvgIpc) is 1.96. The summed E-state index contributed by atoms with van der Waals surface area (Å²) in [6, 6.07) is 0. The van der Waals surface area contributed by atoms with Crippen molar-refractivity contribution in [2.24, 2.45) is 11.8 Å². The highest BCUT2D eigenvalue weighted by molar-refractivity contribution is 4.99. The molecule has 0 bridgehead atoms. The number of aliphatic hydroxyl groups is 1. The fourth-order valence-electron chi connectivity index (χ4n) is 1.79. The predicted molar refractivity (Wildman–Crippen MR) is 43.1 cm³/mol. The van der Waals surface area contributed by atoms with E-state index in [0.29, 0.717) is 12.8 Å². The van der Waals surface area contributed by atoms with Crippen LogP contribution < -0.4 is 0 Å². The van der Waals surface area contributed by atoms with E-state index in [9.17, 15) is 13.9 Å². The molecule has 0 saturated heterocycles. The normalized spacial score (nSPS) is 47.5. The van der Waals surface area contributed by atoms with Crippen molar-refractivity contribution in [3.8, 4) is 0 Å². The van der Waals surface area contributed by atoms with Gasteiger partial charge in [0.25, 0.3) is 5.92 Å². The summed E-state index contributed by atoms with van der Waals surface area (Å²) in [7, 11) is 0. The highest BCUT2D eigenvalue weighted by Crippen LogP contribution is 2.47. The van der Waals surface area contributed by atoms with Crippen molar-refractivity contribution in [2.45, 2.75) is 45.1 Å². The summed E-state index contributed by atoms with van der Waals surface area (Å²) in [5.74, 6) is -3.96. The Balaban J connectivity index is 2.92. The minimum Gasteiger partial charge on any atom is -0.384 e. The minimum atomic E-state index is -2.94. The molecule has 12 heavy (non-hydrogen) atoms. The van der Waals surface area contributed by atoms with E-state index in [-0.39, 0.29) is 5.92 Å². The first-order valence-corrected chi connectivity index (χ1v) is 4.40. The monoisotopic (exact) mass is 178 g/mol. The lowest BCUT2D eigenvalue weighted by Gasteiger charge is -2.45. The molecule has 3 heteroatoms. The zero-order valence-electron chi connectivity index (χ0n) is 7.77. The third kappa shape index (κ3) is 1.15. The first-order chi connectivity index (χ1) is 5.30. The van der Waals surface area contributed by atoms with Crippen LogP contribution in [0.25, 0.3) is 0 Å². The zero-order valence-corrected chi connectivity index (χ0v) is 7.77. The molecule has 3 atom stereocenters. The first kappa shape index (κ1) is 9.90. The molecule has 0 radical (unpaired) electrons. The number of rotatable bonds is 0. The van der Waals surface area contributed by atoms with Crippen molar-refractivity contribution < 1.29 is 13.9 Å². The van der Waals surface area contributed by atoms with Gasteiger partial charge >= 0.3 is 0 Å². The van der Waals surface area contributed by atoms with Crippen LogP contribution in [-0.2, 0) is 0 Å². The molecule has 1 rings (SSSR count). The van der Waals surface area contributed by atoms with Crippen molar-refractivity contribution in [2.75, 3.05) is 0 Å². The Kier molecular flexibility index (Phi) is 2.19. The van der Waals surface area contributed by atoms with E-state index in [1.807, 2.05) is 0 Å². The van der Waals surface area contributed by atoms with Gasteiger partial charge in [0, 0.05) is 5.92 Å². The summed E-state index contributed by atoms with van der Waals surface area (Å²) in [5, 5.41) is 9.59. The maximum atomic E-state index is 13.4. The van der Waals surface area contributed by atoms with E-state index in [4.69, 9.17) is 0 Å². The summed E-state index contributed by atoms with van der Waals surface area (Å²) in [6.07, 6.45) is 1.19. The molecule has 0 aromatic heterocycles. The van der Waals surface area contributed by atoms with Crippen LogP contribution in [0.2, 0.25) is 0 Å². The van der Waals surface area contributed by atoms with Gasteiger partial charge in [-0.05, 0) is 25.7 Å². The molecule has 0 aliphatic heterocycles. The Bertz CT molecular complexity index is 157.